The van der Waals surface area contributed by atoms with Crippen LogP contribution in [-0.4, -0.2) is 24.3 Å². The van der Waals surface area contributed by atoms with Gasteiger partial charge in [0.2, 0.25) is 0 Å². The molecule has 0 bridgehead atoms. The quantitative estimate of drug-likeness (QED) is 0.605. The highest BCUT2D eigenvalue weighted by atomic mass is 16.3. The Bertz CT molecular complexity index is 73.7. The highest BCUT2D eigenvalue weighted by Crippen LogP contribution is 1.99. The van der Waals surface area contributed by atoms with Crippen LogP contribution in [-0.2, 0) is 0 Å². The minimum absolute atomic E-state index is 0.248. The molecule has 2 nitrogen and oxygen atoms in total. The number of nitrogens with one attached hydrogen (secondary N) is 1. The second-order valence-corrected chi connectivity index (χ2v) is 2.99. The molecule has 0 rings (SSSR count). The van der Waals surface area contributed by atoms with Crippen LogP contribution in [0.3, 0.4) is 0 Å². The number of hydrogen-bond donors (Lipinski definition) is 2. The van der Waals surface area contributed by atoms with Crippen molar-refractivity contribution >= 4 is 0 Å². The molecule has 0 aromatic carbocycles. The first-order valence-corrected chi connectivity index (χ1v) is 4.06. The molecule has 2 N–H and O–H groups in total. The highest BCUT2D eigenvalue weighted by Gasteiger charge is 2.09. The number of hydrogen-bond acceptors (Lipinski definition) is 2. The van der Waals surface area contributed by atoms with Crippen LogP contribution in [0.25, 0.3) is 0 Å². The summed E-state index contributed by atoms with van der Waals surface area (Å²) >= 11 is 0. The fraction of sp³-hybridized carbons (Fsp3) is 1.00. The van der Waals surface area contributed by atoms with E-state index in [1.54, 1.807) is 0 Å². The van der Waals surface area contributed by atoms with Gasteiger partial charge >= 0.3 is 0 Å². The van der Waals surface area contributed by atoms with E-state index in [4.69, 9.17) is 5.11 Å². The van der Waals surface area contributed by atoms with Gasteiger partial charge in [-0.15, -0.1) is 0 Å². The van der Waals surface area contributed by atoms with Gasteiger partial charge in [-0.25, -0.2) is 0 Å². The van der Waals surface area contributed by atoms with Crippen molar-refractivity contribution in [2.75, 3.05) is 13.2 Å². The second kappa shape index (κ2) is 5.69. The molecule has 1 atom stereocenters. The first kappa shape index (κ1) is 9.92. The Balaban J connectivity index is 3.40. The van der Waals surface area contributed by atoms with Crippen LogP contribution in [0.15, 0.2) is 0 Å². The minimum Gasteiger partial charge on any atom is -0.395 e. The molecule has 0 spiro atoms. The van der Waals surface area contributed by atoms with Gasteiger partial charge < -0.3 is 10.4 Å². The van der Waals surface area contributed by atoms with Crippen molar-refractivity contribution in [1.29, 1.82) is 0 Å². The maximum atomic E-state index is 8.86. The van der Waals surface area contributed by atoms with Crippen LogP contribution >= 0.6 is 0 Å². The highest BCUT2D eigenvalue weighted by molar-refractivity contribution is 4.67. The lowest BCUT2D eigenvalue weighted by atomic mass is 10.1. The van der Waals surface area contributed by atoms with E-state index in [1.807, 2.05) is 0 Å². The molecule has 0 saturated heterocycles. The normalized spacial score (nSPS) is 14.1. The lowest BCUT2D eigenvalue weighted by Gasteiger charge is -2.19. The average Bonchev–Trinajstić information content (AvgIpc) is 1.89. The molecule has 0 unspecified atom stereocenters. The van der Waals surface area contributed by atoms with Gasteiger partial charge in [-0.3, -0.25) is 0 Å². The summed E-state index contributed by atoms with van der Waals surface area (Å²) in [7, 11) is 0. The summed E-state index contributed by atoms with van der Waals surface area (Å²) in [6.45, 7) is 7.61. The van der Waals surface area contributed by atoms with Gasteiger partial charge in [-0.05, 0) is 18.9 Å². The molecule has 10 heavy (non-hydrogen) atoms. The Morgan fingerprint density at radius 2 is 2.00 bits per heavy atom. The third kappa shape index (κ3) is 3.85. The zero-order chi connectivity index (χ0) is 7.98. The molecule has 62 valence electrons. The summed E-state index contributed by atoms with van der Waals surface area (Å²) < 4.78 is 0. The summed E-state index contributed by atoms with van der Waals surface area (Å²) in [4.78, 5) is 0. The third-order valence-electron chi connectivity index (χ3n) is 1.66. The van der Waals surface area contributed by atoms with Crippen molar-refractivity contribution in [2.45, 2.75) is 33.2 Å². The van der Waals surface area contributed by atoms with Crippen LogP contribution < -0.4 is 5.32 Å². The molecular formula is C8H19NO. The molecule has 0 aliphatic heterocycles. The van der Waals surface area contributed by atoms with E-state index in [-0.39, 0.29) is 12.6 Å². The molecule has 0 saturated carbocycles. The van der Waals surface area contributed by atoms with Gasteiger partial charge in [0.05, 0.1) is 6.61 Å². The van der Waals surface area contributed by atoms with E-state index >= 15 is 0 Å². The predicted molar refractivity (Wildman–Crippen MR) is 44.0 cm³/mol. The molecule has 0 heterocycles. The molecule has 0 aromatic rings. The monoisotopic (exact) mass is 145 g/mol. The van der Waals surface area contributed by atoms with Crippen LogP contribution in [0.4, 0.5) is 0 Å². The molecule has 0 aliphatic carbocycles. The lowest BCUT2D eigenvalue weighted by Crippen LogP contribution is -2.37. The van der Waals surface area contributed by atoms with Gasteiger partial charge in [0.1, 0.15) is 0 Å². The van der Waals surface area contributed by atoms with Crippen molar-refractivity contribution in [1.82, 2.24) is 5.32 Å². The number of aliphatic hydroxyl groups is 1. The smallest absolute Gasteiger partial charge is 0.0587 e. The molecule has 0 radical (unpaired) electrons. The van der Waals surface area contributed by atoms with Gasteiger partial charge in [0.25, 0.3) is 0 Å². The van der Waals surface area contributed by atoms with Gasteiger partial charge in [-0.2, -0.15) is 0 Å². The molecule has 0 aromatic heterocycles. The van der Waals surface area contributed by atoms with E-state index in [0.717, 1.165) is 13.0 Å². The maximum absolute atomic E-state index is 8.86. The summed E-state index contributed by atoms with van der Waals surface area (Å²) in [5.74, 6) is 0.525. The average molecular weight is 145 g/mol. The molecule has 2 heteroatoms. The van der Waals surface area contributed by atoms with E-state index < -0.39 is 0 Å². The summed E-state index contributed by atoms with van der Waals surface area (Å²) in [5.41, 5.74) is 0. The predicted octanol–water partition coefficient (Wildman–Crippen LogP) is 1.00. The Morgan fingerprint density at radius 3 is 2.30 bits per heavy atom. The lowest BCUT2D eigenvalue weighted by molar-refractivity contribution is 0.211. The zero-order valence-electron chi connectivity index (χ0n) is 7.22. The zero-order valence-corrected chi connectivity index (χ0v) is 7.22. The van der Waals surface area contributed by atoms with E-state index in [9.17, 15) is 0 Å². The van der Waals surface area contributed by atoms with E-state index in [2.05, 4.69) is 26.1 Å². The number of rotatable bonds is 5. The summed E-state index contributed by atoms with van der Waals surface area (Å²) in [5, 5.41) is 12.1. The molecular weight excluding hydrogens is 126 g/mol. The van der Waals surface area contributed by atoms with Crippen molar-refractivity contribution in [3.05, 3.63) is 0 Å². The van der Waals surface area contributed by atoms with Gasteiger partial charge in [0.15, 0.2) is 0 Å². The van der Waals surface area contributed by atoms with Crippen LogP contribution in [0, 0.1) is 5.92 Å². The molecule has 0 fully saturated rings. The van der Waals surface area contributed by atoms with E-state index in [0.29, 0.717) is 5.92 Å². The van der Waals surface area contributed by atoms with Crippen molar-refractivity contribution < 1.29 is 5.11 Å². The Morgan fingerprint density at radius 1 is 1.40 bits per heavy atom. The summed E-state index contributed by atoms with van der Waals surface area (Å²) in [6.07, 6.45) is 1.13. The fourth-order valence-electron chi connectivity index (χ4n) is 0.841. The third-order valence-corrected chi connectivity index (χ3v) is 1.66. The fourth-order valence-corrected chi connectivity index (χ4v) is 0.841. The maximum Gasteiger partial charge on any atom is 0.0587 e. The Kier molecular flexibility index (Phi) is 5.64. The van der Waals surface area contributed by atoms with Crippen molar-refractivity contribution in [3.8, 4) is 0 Å². The molecule has 0 amide bonds. The first-order valence-electron chi connectivity index (χ1n) is 4.06. The minimum atomic E-state index is 0.248. The van der Waals surface area contributed by atoms with Crippen molar-refractivity contribution in [3.63, 3.8) is 0 Å². The van der Waals surface area contributed by atoms with Crippen LogP contribution in [0.5, 0.6) is 0 Å². The van der Waals surface area contributed by atoms with Crippen molar-refractivity contribution in [2.24, 2.45) is 5.92 Å². The largest absolute Gasteiger partial charge is 0.395 e. The Labute approximate surface area is 63.6 Å². The SMILES string of the molecule is CCCN[C@H](CO)C(C)C. The van der Waals surface area contributed by atoms with E-state index in [1.165, 1.54) is 0 Å². The van der Waals surface area contributed by atoms with Crippen LogP contribution in [0.1, 0.15) is 27.2 Å². The van der Waals surface area contributed by atoms with Gasteiger partial charge in [-0.1, -0.05) is 20.8 Å². The van der Waals surface area contributed by atoms with Crippen LogP contribution in [0.2, 0.25) is 0 Å². The second-order valence-electron chi connectivity index (χ2n) is 2.99. The first-order chi connectivity index (χ1) is 4.72. The standard InChI is InChI=1S/C8H19NO/c1-4-5-9-8(6-10)7(2)3/h7-10H,4-6H2,1-3H3/t8-/m1/s1. The van der Waals surface area contributed by atoms with Gasteiger partial charge in [0, 0.05) is 6.04 Å². The Hall–Kier alpha value is -0.0800. The summed E-state index contributed by atoms with van der Waals surface area (Å²) in [6, 6.07) is 0.278. The number of aliphatic hydroxyl groups excluding tert-OH is 1. The topological polar surface area (TPSA) is 32.3 Å². The molecule has 0 aliphatic rings.